The number of rotatable bonds is 7. The maximum atomic E-state index is 13.7. The molecule has 3 heterocycles. The van der Waals surface area contributed by atoms with Gasteiger partial charge in [-0.25, -0.2) is 9.97 Å². The number of ether oxygens (including phenoxy) is 3. The molecule has 196 valence electrons. The molecule has 4 rings (SSSR count). The Bertz CT molecular complexity index is 868. The summed E-state index contributed by atoms with van der Waals surface area (Å²) in [5.74, 6) is 0.0800. The van der Waals surface area contributed by atoms with E-state index in [9.17, 15) is 18.0 Å². The summed E-state index contributed by atoms with van der Waals surface area (Å²) in [4.78, 5) is 24.9. The van der Waals surface area contributed by atoms with E-state index in [-0.39, 0.29) is 30.0 Å². The van der Waals surface area contributed by atoms with Crippen LogP contribution in [0.25, 0.3) is 0 Å². The van der Waals surface area contributed by atoms with Crippen LogP contribution < -0.4 is 10.2 Å². The smallest absolute Gasteiger partial charge is 0.384 e. The zero-order valence-electron chi connectivity index (χ0n) is 20.2. The summed E-state index contributed by atoms with van der Waals surface area (Å²) in [6.07, 6.45) is -0.305. The summed E-state index contributed by atoms with van der Waals surface area (Å²) in [6, 6.07) is 1.22. The number of nitrogens with one attached hydrogen (secondary N) is 1. The topological polar surface area (TPSA) is 89.1 Å². The standard InChI is InChI=1S/C23H34F3N5O4/c1-33-15-22(6-3-16(13-22)28-17-5-12-35-14-18(17)34-2)20(32)30-8-10-31(11-9-30)21-27-7-4-19(29-21)23(24,25)26/h4,7,16-18,28H,3,5-6,8-15H2,1-2H3/t16-,17?,18?,22+/m1/s1. The van der Waals surface area contributed by atoms with E-state index in [2.05, 4.69) is 15.3 Å². The van der Waals surface area contributed by atoms with E-state index in [0.717, 1.165) is 31.5 Å². The van der Waals surface area contributed by atoms with Gasteiger partial charge in [-0.15, -0.1) is 0 Å². The molecule has 1 aromatic heterocycles. The molecule has 0 radical (unpaired) electrons. The Hall–Kier alpha value is -2.02. The number of methoxy groups -OCH3 is 2. The van der Waals surface area contributed by atoms with Gasteiger partial charge < -0.3 is 29.3 Å². The molecule has 1 aromatic rings. The highest BCUT2D eigenvalue weighted by molar-refractivity contribution is 5.83. The van der Waals surface area contributed by atoms with Crippen LogP contribution in [0.5, 0.6) is 0 Å². The molecule has 1 saturated carbocycles. The number of halogens is 3. The van der Waals surface area contributed by atoms with Crippen LogP contribution in [0.1, 0.15) is 31.4 Å². The van der Waals surface area contributed by atoms with Crippen LogP contribution in [0.4, 0.5) is 19.1 Å². The SMILES string of the molecule is COC[C@]1(C(=O)N2CCN(c3nccc(C(F)(F)F)n3)CC2)CC[C@@H](NC2CCOCC2OC)C1. The number of nitrogens with zero attached hydrogens (tertiary/aromatic N) is 4. The van der Waals surface area contributed by atoms with Gasteiger partial charge in [0.1, 0.15) is 5.69 Å². The lowest BCUT2D eigenvalue weighted by Crippen LogP contribution is -2.55. The number of carbonyl (C=O) groups excluding carboxylic acids is 1. The molecule has 9 nitrogen and oxygen atoms in total. The highest BCUT2D eigenvalue weighted by Gasteiger charge is 2.48. The summed E-state index contributed by atoms with van der Waals surface area (Å²) in [5, 5.41) is 3.69. The third-order valence-electron chi connectivity index (χ3n) is 7.32. The van der Waals surface area contributed by atoms with Crippen LogP contribution in [0, 0.1) is 5.41 Å². The van der Waals surface area contributed by atoms with Crippen molar-refractivity contribution in [2.45, 2.75) is 50.0 Å². The quantitative estimate of drug-likeness (QED) is 0.605. The van der Waals surface area contributed by atoms with Crippen molar-refractivity contribution in [3.8, 4) is 0 Å². The van der Waals surface area contributed by atoms with Crippen LogP contribution in [-0.2, 0) is 25.2 Å². The van der Waals surface area contributed by atoms with Gasteiger partial charge in [-0.05, 0) is 31.7 Å². The summed E-state index contributed by atoms with van der Waals surface area (Å²) >= 11 is 0. The normalized spacial score (nSPS) is 30.0. The Labute approximate surface area is 203 Å². The fraction of sp³-hybridized carbons (Fsp3) is 0.783. The van der Waals surface area contributed by atoms with Crippen molar-refractivity contribution in [1.82, 2.24) is 20.2 Å². The maximum absolute atomic E-state index is 13.7. The van der Waals surface area contributed by atoms with Gasteiger partial charge in [-0.2, -0.15) is 13.2 Å². The minimum absolute atomic E-state index is 0.0111. The van der Waals surface area contributed by atoms with Gasteiger partial charge in [0, 0.05) is 65.3 Å². The van der Waals surface area contributed by atoms with Crippen LogP contribution in [0.2, 0.25) is 0 Å². The average Bonchev–Trinajstić information content (AvgIpc) is 3.27. The van der Waals surface area contributed by atoms with Crippen molar-refractivity contribution in [3.63, 3.8) is 0 Å². The maximum Gasteiger partial charge on any atom is 0.433 e. The average molecular weight is 502 g/mol. The van der Waals surface area contributed by atoms with Crippen molar-refractivity contribution < 1.29 is 32.2 Å². The zero-order valence-corrected chi connectivity index (χ0v) is 20.2. The second kappa shape index (κ2) is 10.9. The monoisotopic (exact) mass is 501 g/mol. The van der Waals surface area contributed by atoms with Crippen LogP contribution >= 0.6 is 0 Å². The fourth-order valence-electron chi connectivity index (χ4n) is 5.47. The first kappa shape index (κ1) is 26.1. The predicted octanol–water partition coefficient (Wildman–Crippen LogP) is 1.72. The molecule has 1 N–H and O–H groups in total. The Balaban J connectivity index is 1.37. The molecule has 3 fully saturated rings. The number of hydrogen-bond acceptors (Lipinski definition) is 8. The largest absolute Gasteiger partial charge is 0.433 e. The van der Waals surface area contributed by atoms with E-state index in [1.165, 1.54) is 0 Å². The highest BCUT2D eigenvalue weighted by atomic mass is 19.4. The summed E-state index contributed by atoms with van der Waals surface area (Å²) < 4.78 is 55.6. The van der Waals surface area contributed by atoms with Crippen molar-refractivity contribution in [2.24, 2.45) is 5.41 Å². The Morgan fingerprint density at radius 1 is 1.26 bits per heavy atom. The Morgan fingerprint density at radius 2 is 2.03 bits per heavy atom. The van der Waals surface area contributed by atoms with Crippen molar-refractivity contribution in [2.75, 3.05) is 65.1 Å². The predicted molar refractivity (Wildman–Crippen MR) is 121 cm³/mol. The highest BCUT2D eigenvalue weighted by Crippen LogP contribution is 2.41. The zero-order chi connectivity index (χ0) is 25.1. The lowest BCUT2D eigenvalue weighted by atomic mass is 9.84. The molecule has 2 aliphatic heterocycles. The molecule has 12 heteroatoms. The Morgan fingerprint density at radius 3 is 2.71 bits per heavy atom. The minimum atomic E-state index is -4.52. The van der Waals surface area contributed by atoms with Crippen molar-refractivity contribution >= 4 is 11.9 Å². The van der Waals surface area contributed by atoms with E-state index in [4.69, 9.17) is 14.2 Å². The van der Waals surface area contributed by atoms with Gasteiger partial charge in [0.2, 0.25) is 11.9 Å². The molecule has 0 aromatic carbocycles. The number of anilines is 1. The third kappa shape index (κ3) is 5.87. The molecule has 4 atom stereocenters. The molecule has 2 saturated heterocycles. The van der Waals surface area contributed by atoms with Gasteiger partial charge in [0.25, 0.3) is 0 Å². The number of piperazine rings is 1. The van der Waals surface area contributed by atoms with Gasteiger partial charge in [0.15, 0.2) is 0 Å². The second-order valence-corrected chi connectivity index (χ2v) is 9.58. The molecule has 0 bridgehead atoms. The van der Waals surface area contributed by atoms with Crippen LogP contribution in [0.15, 0.2) is 12.3 Å². The molecule has 1 aliphatic carbocycles. The lowest BCUT2D eigenvalue weighted by Gasteiger charge is -2.40. The number of carbonyl (C=O) groups is 1. The number of aromatic nitrogens is 2. The van der Waals surface area contributed by atoms with Crippen molar-refractivity contribution in [1.29, 1.82) is 0 Å². The third-order valence-corrected chi connectivity index (χ3v) is 7.32. The first-order chi connectivity index (χ1) is 16.8. The molecule has 2 unspecified atom stereocenters. The van der Waals surface area contributed by atoms with E-state index in [0.29, 0.717) is 52.4 Å². The summed E-state index contributed by atoms with van der Waals surface area (Å²) in [6.45, 7) is 3.11. The lowest BCUT2D eigenvalue weighted by molar-refractivity contribution is -0.145. The number of amides is 1. The van der Waals surface area contributed by atoms with Gasteiger partial charge >= 0.3 is 6.18 Å². The summed E-state index contributed by atoms with van der Waals surface area (Å²) in [7, 11) is 3.30. The van der Waals surface area contributed by atoms with Gasteiger partial charge in [-0.1, -0.05) is 0 Å². The first-order valence-electron chi connectivity index (χ1n) is 12.1. The van der Waals surface area contributed by atoms with Crippen molar-refractivity contribution in [3.05, 3.63) is 18.0 Å². The molecular weight excluding hydrogens is 467 g/mol. The molecule has 0 spiro atoms. The summed E-state index contributed by atoms with van der Waals surface area (Å²) in [5.41, 5.74) is -1.58. The molecule has 35 heavy (non-hydrogen) atoms. The van der Waals surface area contributed by atoms with E-state index >= 15 is 0 Å². The van der Waals surface area contributed by atoms with E-state index in [1.54, 1.807) is 24.0 Å². The fourth-order valence-corrected chi connectivity index (χ4v) is 5.47. The number of hydrogen-bond donors (Lipinski definition) is 1. The minimum Gasteiger partial charge on any atom is -0.384 e. The second-order valence-electron chi connectivity index (χ2n) is 9.58. The van der Waals surface area contributed by atoms with Gasteiger partial charge in [-0.3, -0.25) is 4.79 Å². The molecule has 1 amide bonds. The first-order valence-corrected chi connectivity index (χ1v) is 12.1. The van der Waals surface area contributed by atoms with Crippen LogP contribution in [-0.4, -0.2) is 99.2 Å². The van der Waals surface area contributed by atoms with Gasteiger partial charge in [0.05, 0.1) is 24.7 Å². The Kier molecular flexibility index (Phi) is 8.14. The van der Waals surface area contributed by atoms with E-state index in [1.807, 2.05) is 0 Å². The van der Waals surface area contributed by atoms with E-state index < -0.39 is 17.3 Å². The molecule has 3 aliphatic rings. The number of alkyl halides is 3. The molecular formula is C23H34F3N5O4. The van der Waals surface area contributed by atoms with Crippen LogP contribution in [0.3, 0.4) is 0 Å².